The van der Waals surface area contributed by atoms with E-state index < -0.39 is 27.1 Å². The summed E-state index contributed by atoms with van der Waals surface area (Å²) >= 11 is 0. The van der Waals surface area contributed by atoms with E-state index in [-0.39, 0.29) is 18.0 Å². The maximum absolute atomic E-state index is 11.8. The molecule has 1 heterocycles. The van der Waals surface area contributed by atoms with Crippen LogP contribution in [0.2, 0.25) is 0 Å². The van der Waals surface area contributed by atoms with Gasteiger partial charge in [-0.05, 0) is 29.8 Å². The Morgan fingerprint density at radius 1 is 1.20 bits per heavy atom. The fourth-order valence-electron chi connectivity index (χ4n) is 2.07. The summed E-state index contributed by atoms with van der Waals surface area (Å²) in [5, 5.41) is 31.1. The Balaban J connectivity index is 2.01. The molecule has 0 spiro atoms. The van der Waals surface area contributed by atoms with E-state index in [1.54, 1.807) is 12.1 Å². The first-order valence-corrected chi connectivity index (χ1v) is 8.32. The number of aliphatic hydroxyl groups excluding tert-OH is 1. The number of amides is 1. The highest BCUT2D eigenvalue weighted by atomic mass is 16.6. The third-order valence-corrected chi connectivity index (χ3v) is 3.50. The van der Waals surface area contributed by atoms with Crippen LogP contribution in [0, 0.1) is 20.2 Å². The summed E-state index contributed by atoms with van der Waals surface area (Å²) in [4.78, 5) is 39.9. The average Bonchev–Trinajstić information content (AvgIpc) is 2.75. The Kier molecular flexibility index (Phi) is 7.85. The first-order valence-electron chi connectivity index (χ1n) is 8.32. The van der Waals surface area contributed by atoms with Gasteiger partial charge >= 0.3 is 5.69 Å². The van der Waals surface area contributed by atoms with E-state index in [4.69, 9.17) is 0 Å². The zero-order valence-corrected chi connectivity index (χ0v) is 15.3. The Morgan fingerprint density at radius 2 is 2.00 bits per heavy atom. The van der Waals surface area contributed by atoms with Crippen LogP contribution in [0.15, 0.2) is 71.5 Å². The van der Waals surface area contributed by atoms with Gasteiger partial charge in [0.15, 0.2) is 0 Å². The highest BCUT2D eigenvalue weighted by Gasteiger charge is 2.18. The SMILES string of the molecule is O=C(NN/C=C(/C=C\C=Nc1ccc([N+](=O)[O-])cc1[N+](=O)[O-])CO)c1ccccn1. The van der Waals surface area contributed by atoms with E-state index >= 15 is 0 Å². The second-order valence-electron chi connectivity index (χ2n) is 5.52. The Labute approximate surface area is 169 Å². The first-order chi connectivity index (χ1) is 14.4. The number of nitro groups is 2. The molecule has 0 radical (unpaired) electrons. The van der Waals surface area contributed by atoms with Gasteiger partial charge in [0.25, 0.3) is 11.6 Å². The molecule has 30 heavy (non-hydrogen) atoms. The van der Waals surface area contributed by atoms with Gasteiger partial charge in [-0.2, -0.15) is 0 Å². The van der Waals surface area contributed by atoms with Crippen LogP contribution in [0.1, 0.15) is 10.5 Å². The number of aliphatic imine (C=N–C) groups is 1. The fourth-order valence-corrected chi connectivity index (χ4v) is 2.07. The molecule has 2 rings (SSSR count). The number of hydrogen-bond acceptors (Lipinski definition) is 9. The van der Waals surface area contributed by atoms with Gasteiger partial charge in [-0.15, -0.1) is 0 Å². The maximum atomic E-state index is 11.8. The number of aromatic nitrogens is 1. The number of rotatable bonds is 9. The maximum Gasteiger partial charge on any atom is 0.301 e. The highest BCUT2D eigenvalue weighted by Crippen LogP contribution is 2.30. The number of aliphatic hydroxyl groups is 1. The topological polar surface area (TPSA) is 173 Å². The van der Waals surface area contributed by atoms with Crippen LogP contribution in [-0.2, 0) is 0 Å². The summed E-state index contributed by atoms with van der Waals surface area (Å²) in [6, 6.07) is 7.96. The number of nitro benzene ring substituents is 2. The predicted molar refractivity (Wildman–Crippen MR) is 107 cm³/mol. The van der Waals surface area contributed by atoms with Crippen molar-refractivity contribution in [1.82, 2.24) is 15.8 Å². The molecule has 12 heteroatoms. The largest absolute Gasteiger partial charge is 0.392 e. The van der Waals surface area contributed by atoms with Crippen molar-refractivity contribution in [2.45, 2.75) is 0 Å². The number of pyridine rings is 1. The quantitative estimate of drug-likeness (QED) is 0.242. The molecule has 0 aliphatic heterocycles. The van der Waals surface area contributed by atoms with Crippen LogP contribution in [0.3, 0.4) is 0 Å². The van der Waals surface area contributed by atoms with E-state index in [9.17, 15) is 30.1 Å². The molecule has 0 aliphatic rings. The Morgan fingerprint density at radius 3 is 2.63 bits per heavy atom. The van der Waals surface area contributed by atoms with E-state index in [1.807, 2.05) is 0 Å². The van der Waals surface area contributed by atoms with Crippen molar-refractivity contribution in [2.75, 3.05) is 6.61 Å². The summed E-state index contributed by atoms with van der Waals surface area (Å²) < 4.78 is 0. The predicted octanol–water partition coefficient (Wildman–Crippen LogP) is 1.97. The first kappa shape index (κ1) is 21.8. The van der Waals surface area contributed by atoms with Gasteiger partial charge in [0.05, 0.1) is 22.5 Å². The van der Waals surface area contributed by atoms with Gasteiger partial charge in [0, 0.05) is 24.7 Å². The molecule has 0 saturated heterocycles. The number of nitrogens with one attached hydrogen (secondary N) is 2. The molecule has 0 aliphatic carbocycles. The van der Waals surface area contributed by atoms with Crippen LogP contribution in [0.5, 0.6) is 0 Å². The molecule has 2 aromatic rings. The van der Waals surface area contributed by atoms with Crippen LogP contribution in [-0.4, -0.2) is 38.7 Å². The standard InChI is InChI=1S/C18H16N6O6/c25-12-13(11-21-22-18(26)16-5-1-2-8-20-16)4-3-9-19-15-7-6-14(23(27)28)10-17(15)24(29)30/h1-11,21,25H,12H2,(H,22,26)/b4-3-,13-11-,19-9?. The van der Waals surface area contributed by atoms with Gasteiger partial charge < -0.3 is 10.5 Å². The Hall–Kier alpha value is -4.45. The molecule has 3 N–H and O–H groups in total. The van der Waals surface area contributed by atoms with Crippen molar-refractivity contribution >= 4 is 29.2 Å². The number of carbonyl (C=O) groups excluding carboxylic acids is 1. The highest BCUT2D eigenvalue weighted by molar-refractivity contribution is 5.91. The fraction of sp³-hybridized carbons (Fsp3) is 0.0556. The minimum Gasteiger partial charge on any atom is -0.392 e. The summed E-state index contributed by atoms with van der Waals surface area (Å²) in [5.74, 6) is -0.472. The second kappa shape index (κ2) is 10.8. The number of hydrazine groups is 1. The van der Waals surface area contributed by atoms with E-state index in [0.717, 1.165) is 18.2 Å². The van der Waals surface area contributed by atoms with Crippen molar-refractivity contribution in [1.29, 1.82) is 0 Å². The van der Waals surface area contributed by atoms with Gasteiger partial charge in [-0.1, -0.05) is 12.1 Å². The van der Waals surface area contributed by atoms with Gasteiger partial charge in [-0.3, -0.25) is 35.4 Å². The number of benzene rings is 1. The van der Waals surface area contributed by atoms with Gasteiger partial charge in [0.1, 0.15) is 11.4 Å². The van der Waals surface area contributed by atoms with Crippen LogP contribution in [0.25, 0.3) is 0 Å². The van der Waals surface area contributed by atoms with Gasteiger partial charge in [0.2, 0.25) is 0 Å². The minimum atomic E-state index is -0.767. The zero-order chi connectivity index (χ0) is 21.9. The Bertz CT molecular complexity index is 1020. The smallest absolute Gasteiger partial charge is 0.301 e. The molecule has 1 aromatic carbocycles. The molecular formula is C18H16N6O6. The van der Waals surface area contributed by atoms with Gasteiger partial charge in [-0.25, -0.2) is 4.99 Å². The summed E-state index contributed by atoms with van der Waals surface area (Å²) in [5.41, 5.74) is 4.48. The lowest BCUT2D eigenvalue weighted by molar-refractivity contribution is -0.393. The summed E-state index contributed by atoms with van der Waals surface area (Å²) in [7, 11) is 0. The molecular weight excluding hydrogens is 396 g/mol. The third kappa shape index (κ3) is 6.31. The van der Waals surface area contributed by atoms with Crippen molar-refractivity contribution < 1.29 is 19.7 Å². The lowest BCUT2D eigenvalue weighted by Gasteiger charge is -2.04. The molecule has 12 nitrogen and oxygen atoms in total. The molecule has 1 amide bonds. The normalized spacial score (nSPS) is 11.6. The van der Waals surface area contributed by atoms with Crippen LogP contribution in [0.4, 0.5) is 17.1 Å². The number of non-ortho nitro benzene ring substituents is 1. The van der Waals surface area contributed by atoms with Crippen LogP contribution >= 0.6 is 0 Å². The molecule has 154 valence electrons. The minimum absolute atomic E-state index is 0.0643. The van der Waals surface area contributed by atoms with Crippen molar-refractivity contribution in [3.8, 4) is 0 Å². The summed E-state index contributed by atoms with van der Waals surface area (Å²) in [6.07, 6.45) is 6.88. The van der Waals surface area contributed by atoms with Crippen LogP contribution < -0.4 is 10.9 Å². The molecule has 1 aromatic heterocycles. The number of nitrogens with zero attached hydrogens (tertiary/aromatic N) is 4. The molecule has 0 unspecified atom stereocenters. The summed E-state index contributed by atoms with van der Waals surface area (Å²) in [6.45, 7) is -0.367. The van der Waals surface area contributed by atoms with Crippen molar-refractivity contribution in [2.24, 2.45) is 4.99 Å². The number of carbonyl (C=O) groups is 1. The number of hydrogen-bond donors (Lipinski definition) is 3. The lowest BCUT2D eigenvalue weighted by atomic mass is 10.2. The molecule has 0 saturated carbocycles. The van der Waals surface area contributed by atoms with E-state index in [1.165, 1.54) is 36.8 Å². The molecule has 0 atom stereocenters. The lowest BCUT2D eigenvalue weighted by Crippen LogP contribution is -2.34. The third-order valence-electron chi connectivity index (χ3n) is 3.50. The molecule has 0 fully saturated rings. The number of allylic oxidation sites excluding steroid dienone is 1. The van der Waals surface area contributed by atoms with E-state index in [2.05, 4.69) is 20.8 Å². The molecule has 0 bridgehead atoms. The average molecular weight is 412 g/mol. The monoisotopic (exact) mass is 412 g/mol. The van der Waals surface area contributed by atoms with Crippen molar-refractivity contribution in [3.05, 3.63) is 92.4 Å². The zero-order valence-electron chi connectivity index (χ0n) is 15.3. The van der Waals surface area contributed by atoms with Crippen molar-refractivity contribution in [3.63, 3.8) is 0 Å². The van der Waals surface area contributed by atoms with E-state index in [0.29, 0.717) is 5.57 Å². The second-order valence-corrected chi connectivity index (χ2v) is 5.52.